The number of carbonyl (C=O) groups excluding carboxylic acids is 4. The fourth-order valence-electron chi connectivity index (χ4n) is 5.97. The van der Waals surface area contributed by atoms with Crippen molar-refractivity contribution < 1.29 is 45.5 Å². The number of rotatable bonds is 6. The SMILES string of the molecule is CC1(C)C(=O)N(c2ccc(C#N)c(C(F)(F)F)c2)C(=O)N1C[C@@H]1C[C@H]1CN1C(=O)N(c2ccc(C#N)c(C(F)(F)F)c2)C(=O)C1(C)C. The Labute approximate surface area is 264 Å². The zero-order chi connectivity index (χ0) is 35.0. The third-order valence-electron chi connectivity index (χ3n) is 8.92. The van der Waals surface area contributed by atoms with Crippen molar-refractivity contribution in [2.24, 2.45) is 11.8 Å². The van der Waals surface area contributed by atoms with Gasteiger partial charge in [0, 0.05) is 13.1 Å². The van der Waals surface area contributed by atoms with Crippen molar-refractivity contribution in [1.29, 1.82) is 10.5 Å². The minimum Gasteiger partial charge on any atom is -0.309 e. The molecule has 1 saturated carbocycles. The first-order valence-electron chi connectivity index (χ1n) is 14.2. The Kier molecular flexibility index (Phi) is 7.58. The molecule has 2 aromatic rings. The van der Waals surface area contributed by atoms with Gasteiger partial charge in [0.2, 0.25) is 0 Å². The lowest BCUT2D eigenvalue weighted by atomic mass is 10.0. The number of benzene rings is 2. The monoisotopic (exact) mass is 660 g/mol. The summed E-state index contributed by atoms with van der Waals surface area (Å²) in [4.78, 5) is 57.3. The fraction of sp³-hybridized carbons (Fsp3) is 0.419. The number of hydrogen-bond donors (Lipinski definition) is 0. The third-order valence-corrected chi connectivity index (χ3v) is 8.92. The summed E-state index contributed by atoms with van der Waals surface area (Å²) in [6.07, 6.45) is -9.38. The van der Waals surface area contributed by atoms with E-state index in [0.29, 0.717) is 28.4 Å². The number of nitrogens with zero attached hydrogens (tertiary/aromatic N) is 6. The molecule has 2 saturated heterocycles. The van der Waals surface area contributed by atoms with Crippen molar-refractivity contribution >= 4 is 35.3 Å². The van der Waals surface area contributed by atoms with Crippen molar-refractivity contribution in [3.8, 4) is 12.1 Å². The van der Waals surface area contributed by atoms with E-state index >= 15 is 0 Å². The summed E-state index contributed by atoms with van der Waals surface area (Å²) >= 11 is 0. The molecule has 0 radical (unpaired) electrons. The molecule has 0 bridgehead atoms. The summed E-state index contributed by atoms with van der Waals surface area (Å²) in [5.41, 5.74) is -7.57. The molecule has 3 fully saturated rings. The molecule has 0 N–H and O–H groups in total. The van der Waals surface area contributed by atoms with E-state index in [1.54, 1.807) is 0 Å². The fourth-order valence-corrected chi connectivity index (χ4v) is 5.97. The van der Waals surface area contributed by atoms with Crippen LogP contribution in [0.4, 0.5) is 47.3 Å². The summed E-state index contributed by atoms with van der Waals surface area (Å²) in [7, 11) is 0. The molecule has 246 valence electrons. The van der Waals surface area contributed by atoms with Gasteiger partial charge in [-0.3, -0.25) is 9.59 Å². The van der Waals surface area contributed by atoms with Crippen LogP contribution in [0, 0.1) is 34.5 Å². The highest BCUT2D eigenvalue weighted by atomic mass is 19.4. The van der Waals surface area contributed by atoms with Gasteiger partial charge < -0.3 is 9.80 Å². The number of amides is 6. The molecule has 6 amide bonds. The van der Waals surface area contributed by atoms with Crippen LogP contribution in [0.1, 0.15) is 56.4 Å². The summed E-state index contributed by atoms with van der Waals surface area (Å²) in [6, 6.07) is 6.22. The zero-order valence-corrected chi connectivity index (χ0v) is 25.3. The van der Waals surface area contributed by atoms with Crippen LogP contribution in [0.3, 0.4) is 0 Å². The predicted octanol–water partition coefficient (Wildman–Crippen LogP) is 5.90. The molecule has 3 aliphatic rings. The van der Waals surface area contributed by atoms with Gasteiger partial charge in [0.05, 0.1) is 45.8 Å². The molecule has 16 heteroatoms. The van der Waals surface area contributed by atoms with Gasteiger partial charge in [-0.2, -0.15) is 36.9 Å². The predicted molar refractivity (Wildman–Crippen MR) is 151 cm³/mol. The van der Waals surface area contributed by atoms with Crippen LogP contribution in [-0.2, 0) is 21.9 Å². The van der Waals surface area contributed by atoms with E-state index in [4.69, 9.17) is 10.5 Å². The lowest BCUT2D eigenvalue weighted by Crippen LogP contribution is -2.46. The highest BCUT2D eigenvalue weighted by Gasteiger charge is 2.57. The van der Waals surface area contributed by atoms with Gasteiger partial charge in [0.25, 0.3) is 11.8 Å². The van der Waals surface area contributed by atoms with Crippen LogP contribution in [0.15, 0.2) is 36.4 Å². The van der Waals surface area contributed by atoms with Crippen molar-refractivity contribution in [3.05, 3.63) is 58.7 Å². The van der Waals surface area contributed by atoms with Gasteiger partial charge in [-0.05, 0) is 82.3 Å². The van der Waals surface area contributed by atoms with Gasteiger partial charge in [-0.15, -0.1) is 0 Å². The van der Waals surface area contributed by atoms with E-state index in [-0.39, 0.29) is 36.3 Å². The summed E-state index contributed by atoms with van der Waals surface area (Å²) in [6.45, 7) is 5.74. The summed E-state index contributed by atoms with van der Waals surface area (Å²) < 4.78 is 81.5. The average molecular weight is 661 g/mol. The Morgan fingerprint density at radius 3 is 1.32 bits per heavy atom. The van der Waals surface area contributed by atoms with Crippen LogP contribution in [0.25, 0.3) is 0 Å². The van der Waals surface area contributed by atoms with Gasteiger partial charge in [-0.25, -0.2) is 19.4 Å². The van der Waals surface area contributed by atoms with Crippen LogP contribution in [-0.4, -0.2) is 57.8 Å². The second-order valence-electron chi connectivity index (χ2n) is 12.6. The molecule has 0 spiro atoms. The minimum absolute atomic E-state index is 0.00810. The van der Waals surface area contributed by atoms with Crippen molar-refractivity contribution in [2.45, 2.75) is 57.5 Å². The first-order chi connectivity index (χ1) is 21.7. The Bertz CT molecular complexity index is 1680. The normalized spacial score (nSPS) is 22.2. The van der Waals surface area contributed by atoms with Crippen molar-refractivity contribution in [3.63, 3.8) is 0 Å². The Balaban J connectivity index is 1.34. The smallest absolute Gasteiger partial charge is 0.309 e. The number of anilines is 2. The highest BCUT2D eigenvalue weighted by molar-refractivity contribution is 6.23. The average Bonchev–Trinajstić information content (AvgIpc) is 3.67. The summed E-state index contributed by atoms with van der Waals surface area (Å²) in [5, 5.41) is 18.2. The van der Waals surface area contributed by atoms with E-state index < -0.39 is 69.6 Å². The van der Waals surface area contributed by atoms with E-state index in [9.17, 15) is 45.5 Å². The quantitative estimate of drug-likeness (QED) is 0.281. The number of halogens is 6. The van der Waals surface area contributed by atoms with Crippen LogP contribution in [0.2, 0.25) is 0 Å². The van der Waals surface area contributed by atoms with E-state index in [1.807, 2.05) is 0 Å². The third kappa shape index (κ3) is 5.41. The molecule has 2 atom stereocenters. The number of imide groups is 2. The maximum absolute atomic E-state index is 13.6. The number of alkyl halides is 6. The maximum Gasteiger partial charge on any atom is 0.417 e. The van der Waals surface area contributed by atoms with Gasteiger partial charge in [-0.1, -0.05) is 0 Å². The second kappa shape index (κ2) is 10.7. The molecule has 2 aromatic carbocycles. The van der Waals surface area contributed by atoms with Gasteiger partial charge in [0.15, 0.2) is 0 Å². The lowest BCUT2D eigenvalue weighted by Gasteiger charge is -2.29. The number of hydrogen-bond acceptors (Lipinski definition) is 6. The lowest BCUT2D eigenvalue weighted by molar-refractivity contribution is -0.138. The molecule has 47 heavy (non-hydrogen) atoms. The molecule has 2 heterocycles. The van der Waals surface area contributed by atoms with Gasteiger partial charge >= 0.3 is 24.4 Å². The molecular weight excluding hydrogens is 634 g/mol. The maximum atomic E-state index is 13.6. The Morgan fingerprint density at radius 1 is 0.681 bits per heavy atom. The summed E-state index contributed by atoms with van der Waals surface area (Å²) in [5.74, 6) is -2.13. The zero-order valence-electron chi connectivity index (χ0n) is 25.3. The van der Waals surface area contributed by atoms with Crippen molar-refractivity contribution in [2.75, 3.05) is 22.9 Å². The first-order valence-corrected chi connectivity index (χ1v) is 14.2. The van der Waals surface area contributed by atoms with Crippen molar-refractivity contribution in [1.82, 2.24) is 9.80 Å². The van der Waals surface area contributed by atoms with Crippen LogP contribution >= 0.6 is 0 Å². The molecule has 1 aliphatic carbocycles. The molecule has 10 nitrogen and oxygen atoms in total. The standard InChI is InChI=1S/C31H26F6N6O4/c1-28(2)24(44)42(20-7-5-16(12-38)22(10-20)30(32,33)34)26(46)40(28)14-18-9-19(18)15-41-27(47)43(25(45)29(41,3)4)21-8-6-17(13-39)23(11-21)31(35,36)37/h5-8,10-11,18-19H,9,14-15H2,1-4H3/t18-,19-/m0/s1. The van der Waals surface area contributed by atoms with Crippen LogP contribution < -0.4 is 9.80 Å². The van der Waals surface area contributed by atoms with E-state index in [2.05, 4.69) is 0 Å². The topological polar surface area (TPSA) is 129 Å². The Morgan fingerprint density at radius 2 is 1.02 bits per heavy atom. The van der Waals surface area contributed by atoms with E-state index in [0.717, 1.165) is 24.3 Å². The minimum atomic E-state index is -4.91. The Hall–Kier alpha value is -5.12. The molecular formula is C31H26F6N6O4. The molecule has 0 aromatic heterocycles. The highest BCUT2D eigenvalue weighted by Crippen LogP contribution is 2.46. The van der Waals surface area contributed by atoms with E-state index in [1.165, 1.54) is 49.6 Å². The first kappa shape index (κ1) is 33.2. The molecule has 2 aliphatic heterocycles. The number of nitriles is 2. The molecule has 5 rings (SSSR count). The van der Waals surface area contributed by atoms with Crippen LogP contribution in [0.5, 0.6) is 0 Å². The number of urea groups is 2. The second-order valence-corrected chi connectivity index (χ2v) is 12.6. The van der Waals surface area contributed by atoms with Gasteiger partial charge in [0.1, 0.15) is 11.1 Å². The largest absolute Gasteiger partial charge is 0.417 e. The number of carbonyl (C=O) groups is 4. The molecule has 0 unspecified atom stereocenters.